The molecule has 2 N–H and O–H groups in total. The van der Waals surface area contributed by atoms with Gasteiger partial charge in [0.25, 0.3) is 5.91 Å². The number of hydrogen-bond donors (Lipinski definition) is 2. The van der Waals surface area contributed by atoms with Crippen molar-refractivity contribution in [3.8, 4) is 6.07 Å². The predicted molar refractivity (Wildman–Crippen MR) is 94.9 cm³/mol. The van der Waals surface area contributed by atoms with E-state index >= 15 is 0 Å². The van der Waals surface area contributed by atoms with Crippen molar-refractivity contribution < 1.29 is 4.79 Å². The van der Waals surface area contributed by atoms with E-state index in [4.69, 9.17) is 5.26 Å². The molecule has 0 heterocycles. The second-order valence-corrected chi connectivity index (χ2v) is 5.53. The Bertz CT molecular complexity index is 745. The molecule has 0 atom stereocenters. The molecule has 4 nitrogen and oxygen atoms in total. The van der Waals surface area contributed by atoms with E-state index in [0.29, 0.717) is 13.1 Å². The monoisotopic (exact) mass is 319 g/mol. The maximum atomic E-state index is 12.0. The Hall–Kier alpha value is -3.06. The van der Waals surface area contributed by atoms with Gasteiger partial charge in [0, 0.05) is 19.3 Å². The number of rotatable bonds is 7. The van der Waals surface area contributed by atoms with Gasteiger partial charge in [-0.2, -0.15) is 5.26 Å². The van der Waals surface area contributed by atoms with Gasteiger partial charge in [-0.25, -0.2) is 0 Å². The van der Waals surface area contributed by atoms with Crippen molar-refractivity contribution in [2.24, 2.45) is 0 Å². The molecule has 0 saturated heterocycles. The highest BCUT2D eigenvalue weighted by Crippen LogP contribution is 2.03. The third kappa shape index (κ3) is 5.62. The number of hydrogen-bond acceptors (Lipinski definition) is 3. The number of nitrogens with zero attached hydrogens (tertiary/aromatic N) is 1. The van der Waals surface area contributed by atoms with Crippen LogP contribution in [0.15, 0.2) is 66.4 Å². The number of nitrogens with one attached hydrogen (secondary N) is 2. The first-order valence-electron chi connectivity index (χ1n) is 7.90. The second kappa shape index (κ2) is 9.16. The van der Waals surface area contributed by atoms with Crippen LogP contribution in [0.2, 0.25) is 0 Å². The predicted octanol–water partition coefficient (Wildman–Crippen LogP) is 2.85. The Kier molecular flexibility index (Phi) is 6.60. The van der Waals surface area contributed by atoms with Gasteiger partial charge in [-0.1, -0.05) is 60.2 Å². The molecule has 0 aromatic heterocycles. The maximum absolute atomic E-state index is 12.0. The third-order valence-corrected chi connectivity index (χ3v) is 3.54. The number of carbonyl (C=O) groups is 1. The number of benzene rings is 2. The van der Waals surface area contributed by atoms with Crippen LogP contribution in [0.4, 0.5) is 0 Å². The molecule has 2 rings (SSSR count). The van der Waals surface area contributed by atoms with Crippen LogP contribution < -0.4 is 10.6 Å². The molecule has 2 aromatic rings. The molecule has 0 spiro atoms. The van der Waals surface area contributed by atoms with Gasteiger partial charge in [0.2, 0.25) is 0 Å². The molecule has 0 aliphatic rings. The van der Waals surface area contributed by atoms with E-state index in [-0.39, 0.29) is 11.5 Å². The Labute approximate surface area is 142 Å². The lowest BCUT2D eigenvalue weighted by Crippen LogP contribution is -2.27. The Morgan fingerprint density at radius 3 is 2.58 bits per heavy atom. The summed E-state index contributed by atoms with van der Waals surface area (Å²) in [5.74, 6) is -0.356. The van der Waals surface area contributed by atoms with Crippen LogP contribution in [0.5, 0.6) is 0 Å². The average Bonchev–Trinajstić information content (AvgIpc) is 2.59. The Morgan fingerprint density at radius 2 is 1.88 bits per heavy atom. The minimum absolute atomic E-state index is 0.0794. The van der Waals surface area contributed by atoms with Crippen LogP contribution >= 0.6 is 0 Å². The quantitative estimate of drug-likeness (QED) is 0.609. The number of aryl methyl sites for hydroxylation is 1. The van der Waals surface area contributed by atoms with Gasteiger partial charge >= 0.3 is 0 Å². The van der Waals surface area contributed by atoms with E-state index < -0.39 is 0 Å². The lowest BCUT2D eigenvalue weighted by molar-refractivity contribution is -0.117. The molecule has 0 radical (unpaired) electrons. The van der Waals surface area contributed by atoms with Crippen LogP contribution in [0.25, 0.3) is 0 Å². The van der Waals surface area contributed by atoms with Crippen LogP contribution in [0.1, 0.15) is 16.7 Å². The highest BCUT2D eigenvalue weighted by Gasteiger charge is 2.07. The lowest BCUT2D eigenvalue weighted by Gasteiger charge is -2.06. The van der Waals surface area contributed by atoms with Gasteiger partial charge < -0.3 is 10.6 Å². The first-order valence-corrected chi connectivity index (χ1v) is 7.90. The molecule has 0 fully saturated rings. The Balaban J connectivity index is 1.81. The van der Waals surface area contributed by atoms with Gasteiger partial charge in [-0.3, -0.25) is 4.79 Å². The van der Waals surface area contributed by atoms with E-state index in [1.807, 2.05) is 61.5 Å². The summed E-state index contributed by atoms with van der Waals surface area (Å²) in [6, 6.07) is 19.9. The van der Waals surface area contributed by atoms with Crippen molar-refractivity contribution in [3.05, 3.63) is 83.1 Å². The molecule has 0 bridgehead atoms. The maximum Gasteiger partial charge on any atom is 0.263 e. The van der Waals surface area contributed by atoms with Crippen LogP contribution in [0.3, 0.4) is 0 Å². The normalized spacial score (nSPS) is 10.8. The topological polar surface area (TPSA) is 64.9 Å². The highest BCUT2D eigenvalue weighted by molar-refractivity contribution is 5.97. The first kappa shape index (κ1) is 17.3. The van der Waals surface area contributed by atoms with Crippen molar-refractivity contribution in [3.63, 3.8) is 0 Å². The molecular weight excluding hydrogens is 298 g/mol. The summed E-state index contributed by atoms with van der Waals surface area (Å²) in [6.07, 6.45) is 2.21. The SMILES string of the molecule is Cc1cccc(CN/C=C(/C#N)C(=O)NCCc2ccccc2)c1. The highest BCUT2D eigenvalue weighted by atomic mass is 16.1. The van der Waals surface area contributed by atoms with Crippen molar-refractivity contribution in [2.45, 2.75) is 19.9 Å². The van der Waals surface area contributed by atoms with E-state index in [2.05, 4.69) is 16.7 Å². The fraction of sp³-hybridized carbons (Fsp3) is 0.200. The molecule has 0 aliphatic heterocycles. The number of carbonyl (C=O) groups excluding carboxylic acids is 1. The molecule has 4 heteroatoms. The summed E-state index contributed by atoms with van der Waals surface area (Å²) in [6.45, 7) is 3.10. The third-order valence-electron chi connectivity index (χ3n) is 3.54. The zero-order chi connectivity index (χ0) is 17.2. The molecule has 1 amide bonds. The van der Waals surface area contributed by atoms with Gasteiger partial charge in [0.15, 0.2) is 0 Å². The smallest absolute Gasteiger partial charge is 0.263 e. The summed E-state index contributed by atoms with van der Waals surface area (Å²) in [7, 11) is 0. The summed E-state index contributed by atoms with van der Waals surface area (Å²) in [5.41, 5.74) is 3.51. The molecular formula is C20H21N3O. The van der Waals surface area contributed by atoms with Crippen LogP contribution in [-0.2, 0) is 17.8 Å². The van der Waals surface area contributed by atoms with E-state index in [0.717, 1.165) is 17.5 Å². The zero-order valence-corrected chi connectivity index (χ0v) is 13.8. The van der Waals surface area contributed by atoms with Gasteiger partial charge in [-0.15, -0.1) is 0 Å². The van der Waals surface area contributed by atoms with Crippen molar-refractivity contribution in [1.82, 2.24) is 10.6 Å². The average molecular weight is 319 g/mol. The molecule has 0 unspecified atom stereocenters. The second-order valence-electron chi connectivity index (χ2n) is 5.53. The van der Waals surface area contributed by atoms with E-state index in [1.165, 1.54) is 11.8 Å². The summed E-state index contributed by atoms with van der Waals surface area (Å²) in [5, 5.41) is 14.9. The van der Waals surface area contributed by atoms with Gasteiger partial charge in [0.05, 0.1) is 0 Å². The number of amides is 1. The van der Waals surface area contributed by atoms with Crippen molar-refractivity contribution >= 4 is 5.91 Å². The summed E-state index contributed by atoms with van der Waals surface area (Å²) < 4.78 is 0. The molecule has 0 saturated carbocycles. The van der Waals surface area contributed by atoms with E-state index in [9.17, 15) is 4.79 Å². The molecule has 0 aliphatic carbocycles. The number of nitriles is 1. The molecule has 2 aromatic carbocycles. The standard InChI is InChI=1S/C20H21N3O/c1-16-6-5-9-18(12-16)14-22-15-19(13-21)20(24)23-11-10-17-7-3-2-4-8-17/h2-9,12,15,22H,10-11,14H2,1H3,(H,23,24)/b19-15-. The van der Waals surface area contributed by atoms with Crippen molar-refractivity contribution in [2.75, 3.05) is 6.54 Å². The lowest BCUT2D eigenvalue weighted by atomic mass is 10.1. The summed E-state index contributed by atoms with van der Waals surface area (Å²) >= 11 is 0. The molecule has 24 heavy (non-hydrogen) atoms. The largest absolute Gasteiger partial charge is 0.386 e. The van der Waals surface area contributed by atoms with Gasteiger partial charge in [0.1, 0.15) is 11.6 Å². The van der Waals surface area contributed by atoms with E-state index in [1.54, 1.807) is 0 Å². The fourth-order valence-corrected chi connectivity index (χ4v) is 2.30. The van der Waals surface area contributed by atoms with Crippen LogP contribution in [0, 0.1) is 18.3 Å². The summed E-state index contributed by atoms with van der Waals surface area (Å²) in [4.78, 5) is 12.0. The minimum Gasteiger partial charge on any atom is -0.386 e. The molecule has 122 valence electrons. The Morgan fingerprint density at radius 1 is 1.12 bits per heavy atom. The fourth-order valence-electron chi connectivity index (χ4n) is 2.30. The van der Waals surface area contributed by atoms with Gasteiger partial charge in [-0.05, 0) is 24.5 Å². The minimum atomic E-state index is -0.356. The van der Waals surface area contributed by atoms with Crippen LogP contribution in [-0.4, -0.2) is 12.5 Å². The first-order chi connectivity index (χ1) is 11.7. The zero-order valence-electron chi connectivity index (χ0n) is 13.8. The van der Waals surface area contributed by atoms with Crippen molar-refractivity contribution in [1.29, 1.82) is 5.26 Å².